The Hall–Kier alpha value is -2.69. The molecule has 0 atom stereocenters. The predicted molar refractivity (Wildman–Crippen MR) is 112 cm³/mol. The number of nitrogens with one attached hydrogen (secondary N) is 1. The van der Waals surface area contributed by atoms with Crippen molar-refractivity contribution in [2.24, 2.45) is 0 Å². The van der Waals surface area contributed by atoms with Crippen molar-refractivity contribution < 1.29 is 9.53 Å². The maximum atomic E-state index is 12.7. The molecule has 0 spiro atoms. The number of rotatable bonds is 7. The molecule has 4 aromatic rings. The summed E-state index contributed by atoms with van der Waals surface area (Å²) >= 11 is 4.63. The number of anilines is 1. The van der Waals surface area contributed by atoms with Crippen LogP contribution in [0.3, 0.4) is 0 Å². The molecular formula is C18H15N5O2S3. The Bertz CT molecular complexity index is 1060. The Morgan fingerprint density at radius 1 is 1.21 bits per heavy atom. The Morgan fingerprint density at radius 2 is 2.07 bits per heavy atom. The highest BCUT2D eigenvalue weighted by Crippen LogP contribution is 2.30. The normalized spacial score (nSPS) is 10.8. The number of carbonyl (C=O) groups excluding carboxylic acids is 1. The van der Waals surface area contributed by atoms with Crippen LogP contribution < -0.4 is 10.1 Å². The topological polar surface area (TPSA) is 81.9 Å². The zero-order valence-electron chi connectivity index (χ0n) is 14.7. The lowest BCUT2D eigenvalue weighted by Crippen LogP contribution is -2.14. The summed E-state index contributed by atoms with van der Waals surface area (Å²) in [6, 6.07) is 13.6. The molecule has 0 saturated carbocycles. The summed E-state index contributed by atoms with van der Waals surface area (Å²) in [6.07, 6.45) is 1.67. The van der Waals surface area contributed by atoms with Crippen molar-refractivity contribution in [3.63, 3.8) is 0 Å². The van der Waals surface area contributed by atoms with Crippen LogP contribution in [0.25, 0.3) is 5.69 Å². The van der Waals surface area contributed by atoms with Gasteiger partial charge in [0.05, 0.1) is 19.0 Å². The number of methoxy groups -OCH3 is 1. The molecule has 1 amide bonds. The Kier molecular flexibility index (Phi) is 5.70. The van der Waals surface area contributed by atoms with Gasteiger partial charge >= 0.3 is 0 Å². The van der Waals surface area contributed by atoms with Gasteiger partial charge in [0.25, 0.3) is 5.91 Å². The highest BCUT2D eigenvalue weighted by molar-refractivity contribution is 8.00. The van der Waals surface area contributed by atoms with E-state index in [4.69, 9.17) is 4.74 Å². The first-order valence-corrected chi connectivity index (χ1v) is 10.9. The van der Waals surface area contributed by atoms with E-state index in [0.717, 1.165) is 15.8 Å². The molecule has 1 N–H and O–H groups in total. The molecule has 3 heterocycles. The number of amides is 1. The van der Waals surface area contributed by atoms with Crippen molar-refractivity contribution in [3.05, 3.63) is 64.6 Å². The van der Waals surface area contributed by atoms with Crippen LogP contribution in [0.4, 0.5) is 5.13 Å². The third-order valence-corrected chi connectivity index (χ3v) is 6.76. The van der Waals surface area contributed by atoms with Gasteiger partial charge in [0.15, 0.2) is 15.8 Å². The number of hydrogen-bond acceptors (Lipinski definition) is 8. The number of hydrogen-bond donors (Lipinski definition) is 1. The second-order valence-electron chi connectivity index (χ2n) is 5.52. The van der Waals surface area contributed by atoms with Crippen LogP contribution in [-0.2, 0) is 5.75 Å². The van der Waals surface area contributed by atoms with Crippen LogP contribution in [0.2, 0.25) is 0 Å². The zero-order chi connectivity index (χ0) is 19.3. The lowest BCUT2D eigenvalue weighted by molar-refractivity contribution is 0.101. The van der Waals surface area contributed by atoms with Gasteiger partial charge in [-0.25, -0.2) is 4.68 Å². The van der Waals surface area contributed by atoms with E-state index in [0.29, 0.717) is 10.9 Å². The van der Waals surface area contributed by atoms with Gasteiger partial charge in [-0.05, 0) is 23.6 Å². The van der Waals surface area contributed by atoms with E-state index in [1.54, 1.807) is 34.0 Å². The minimum absolute atomic E-state index is 0.189. The Morgan fingerprint density at radius 3 is 2.82 bits per heavy atom. The van der Waals surface area contributed by atoms with Gasteiger partial charge in [-0.3, -0.25) is 10.1 Å². The van der Waals surface area contributed by atoms with Crippen molar-refractivity contribution in [2.45, 2.75) is 10.1 Å². The molecule has 0 bridgehead atoms. The molecule has 0 unspecified atom stereocenters. The molecule has 10 heteroatoms. The average Bonchev–Trinajstić information content (AvgIpc) is 3.47. The molecule has 0 aliphatic rings. The molecule has 0 aliphatic carbocycles. The third kappa shape index (κ3) is 4.24. The first kappa shape index (κ1) is 18.7. The molecule has 1 aromatic carbocycles. The van der Waals surface area contributed by atoms with Gasteiger partial charge in [0, 0.05) is 10.6 Å². The molecule has 0 radical (unpaired) electrons. The number of thiophene rings is 1. The van der Waals surface area contributed by atoms with Crippen LogP contribution in [0.5, 0.6) is 5.75 Å². The fraction of sp³-hybridized carbons (Fsp3) is 0.111. The Labute approximate surface area is 173 Å². The standard InChI is InChI=1S/C18H15N5O2S3/c1-25-14-10-23(12-6-3-2-4-7-12)22-15(14)16(24)19-17-20-21-18(28-17)27-11-13-8-5-9-26-13/h2-10H,11H2,1H3,(H,19,20,24). The first-order valence-electron chi connectivity index (χ1n) is 8.22. The number of para-hydroxylation sites is 1. The van der Waals surface area contributed by atoms with E-state index in [2.05, 4.69) is 26.7 Å². The summed E-state index contributed by atoms with van der Waals surface area (Å²) in [4.78, 5) is 13.9. The summed E-state index contributed by atoms with van der Waals surface area (Å²) in [6.45, 7) is 0. The third-order valence-electron chi connectivity index (χ3n) is 3.68. The lowest BCUT2D eigenvalue weighted by Gasteiger charge is -2.00. The van der Waals surface area contributed by atoms with Crippen molar-refractivity contribution in [3.8, 4) is 11.4 Å². The summed E-state index contributed by atoms with van der Waals surface area (Å²) in [7, 11) is 1.51. The number of carbonyl (C=O) groups is 1. The number of thioether (sulfide) groups is 1. The number of benzene rings is 1. The summed E-state index contributed by atoms with van der Waals surface area (Å²) in [5.74, 6) is 0.825. The molecule has 7 nitrogen and oxygen atoms in total. The van der Waals surface area contributed by atoms with Crippen molar-refractivity contribution in [2.75, 3.05) is 12.4 Å². The largest absolute Gasteiger partial charge is 0.493 e. The van der Waals surface area contributed by atoms with E-state index in [1.165, 1.54) is 23.3 Å². The van der Waals surface area contributed by atoms with E-state index >= 15 is 0 Å². The van der Waals surface area contributed by atoms with Gasteiger partial charge in [-0.2, -0.15) is 5.10 Å². The molecule has 0 saturated heterocycles. The van der Waals surface area contributed by atoms with Crippen LogP contribution in [0.1, 0.15) is 15.4 Å². The average molecular weight is 430 g/mol. The molecule has 142 valence electrons. The van der Waals surface area contributed by atoms with Crippen LogP contribution in [0, 0.1) is 0 Å². The Balaban J connectivity index is 1.46. The fourth-order valence-electron chi connectivity index (χ4n) is 2.38. The first-order chi connectivity index (χ1) is 13.7. The van der Waals surface area contributed by atoms with E-state index in [1.807, 2.05) is 41.8 Å². The second kappa shape index (κ2) is 8.55. The number of nitrogens with zero attached hydrogens (tertiary/aromatic N) is 4. The van der Waals surface area contributed by atoms with Gasteiger partial charge in [-0.1, -0.05) is 47.4 Å². The maximum absolute atomic E-state index is 12.7. The van der Waals surface area contributed by atoms with Crippen LogP contribution >= 0.6 is 34.4 Å². The van der Waals surface area contributed by atoms with Gasteiger partial charge in [-0.15, -0.1) is 21.5 Å². The molecular weight excluding hydrogens is 414 g/mol. The van der Waals surface area contributed by atoms with Gasteiger partial charge < -0.3 is 4.74 Å². The quantitative estimate of drug-likeness (QED) is 0.348. The van der Waals surface area contributed by atoms with E-state index < -0.39 is 5.91 Å². The second-order valence-corrected chi connectivity index (χ2v) is 8.75. The molecule has 28 heavy (non-hydrogen) atoms. The molecule has 3 aromatic heterocycles. The van der Waals surface area contributed by atoms with E-state index in [9.17, 15) is 4.79 Å². The minimum atomic E-state index is -0.391. The van der Waals surface area contributed by atoms with Crippen LogP contribution in [0.15, 0.2) is 58.4 Å². The zero-order valence-corrected chi connectivity index (χ0v) is 17.2. The fourth-order valence-corrected chi connectivity index (χ4v) is 4.90. The van der Waals surface area contributed by atoms with Gasteiger partial charge in [0.2, 0.25) is 5.13 Å². The summed E-state index contributed by atoms with van der Waals surface area (Å²) in [5, 5.41) is 17.7. The summed E-state index contributed by atoms with van der Waals surface area (Å²) < 4.78 is 7.72. The predicted octanol–water partition coefficient (Wildman–Crippen LogP) is 4.34. The molecule has 4 rings (SSSR count). The SMILES string of the molecule is COc1cn(-c2ccccc2)nc1C(=O)Nc1nnc(SCc2cccs2)s1. The lowest BCUT2D eigenvalue weighted by atomic mass is 10.3. The van der Waals surface area contributed by atoms with E-state index in [-0.39, 0.29) is 5.69 Å². The smallest absolute Gasteiger partial charge is 0.281 e. The van der Waals surface area contributed by atoms with Gasteiger partial charge in [0.1, 0.15) is 0 Å². The molecule has 0 aliphatic heterocycles. The van der Waals surface area contributed by atoms with Crippen molar-refractivity contribution in [1.29, 1.82) is 0 Å². The van der Waals surface area contributed by atoms with Crippen molar-refractivity contribution in [1.82, 2.24) is 20.0 Å². The van der Waals surface area contributed by atoms with Crippen molar-refractivity contribution >= 4 is 45.5 Å². The number of aromatic nitrogens is 4. The minimum Gasteiger partial charge on any atom is -0.493 e. The molecule has 0 fully saturated rings. The highest BCUT2D eigenvalue weighted by atomic mass is 32.2. The monoisotopic (exact) mass is 429 g/mol. The number of ether oxygens (including phenoxy) is 1. The van der Waals surface area contributed by atoms with Crippen LogP contribution in [-0.4, -0.2) is 33.0 Å². The highest BCUT2D eigenvalue weighted by Gasteiger charge is 2.20. The summed E-state index contributed by atoms with van der Waals surface area (Å²) in [5.41, 5.74) is 1.03. The maximum Gasteiger partial charge on any atom is 0.281 e.